The van der Waals surface area contributed by atoms with Crippen LogP contribution in [0.5, 0.6) is 0 Å². The summed E-state index contributed by atoms with van der Waals surface area (Å²) >= 11 is 0. The molecule has 14 N–H and O–H groups in total. The van der Waals surface area contributed by atoms with Crippen molar-refractivity contribution in [2.45, 2.75) is 107 Å². The highest BCUT2D eigenvalue weighted by Gasteiger charge is 2.29. The molecular weight excluding hydrogens is 1010 g/mol. The normalized spacial score (nSPS) is 12.8. The Hall–Kier alpha value is -8.91. The molecule has 0 aliphatic carbocycles. The second-order valence-electron chi connectivity index (χ2n) is 17.8. The first kappa shape index (κ1) is 60.6. The first-order valence-corrected chi connectivity index (χ1v) is 24.2. The van der Waals surface area contributed by atoms with E-state index in [1.807, 2.05) is 42.5 Å². The highest BCUT2D eigenvalue weighted by atomic mass is 16.4. The molecule has 0 aliphatic heterocycles. The number of unbranched alkanes of at least 4 members (excludes halogenated alkanes) is 1. The van der Waals surface area contributed by atoms with E-state index in [0.29, 0.717) is 16.7 Å². The van der Waals surface area contributed by atoms with Crippen LogP contribution in [0.15, 0.2) is 91.0 Å². The summed E-state index contributed by atoms with van der Waals surface area (Å²) in [4.78, 5) is 137. The van der Waals surface area contributed by atoms with E-state index in [9.17, 15) is 83.2 Å². The van der Waals surface area contributed by atoms with Gasteiger partial charge in [0.25, 0.3) is 5.91 Å². The summed E-state index contributed by atoms with van der Waals surface area (Å²) in [5, 5.41) is 84.2. The minimum Gasteiger partial charge on any atom is -0.481 e. The number of benzene rings is 4. The maximum atomic E-state index is 13.7. The van der Waals surface area contributed by atoms with Gasteiger partial charge in [0.15, 0.2) is 0 Å². The zero-order chi connectivity index (χ0) is 56.6. The fourth-order valence-corrected chi connectivity index (χ4v) is 7.67. The molecule has 0 bridgehead atoms. The van der Waals surface area contributed by atoms with E-state index in [0.717, 1.165) is 10.8 Å². The van der Waals surface area contributed by atoms with Crippen molar-refractivity contribution in [1.29, 1.82) is 0 Å². The van der Waals surface area contributed by atoms with Gasteiger partial charge in [-0.25, -0.2) is 14.4 Å². The van der Waals surface area contributed by atoms with Gasteiger partial charge in [-0.05, 0) is 83.6 Å². The summed E-state index contributed by atoms with van der Waals surface area (Å²) in [6, 6.07) is 16.4. The first-order valence-electron chi connectivity index (χ1n) is 24.2. The first-order chi connectivity index (χ1) is 36.6. The smallest absolute Gasteiger partial charge is 0.481 e. The molecule has 0 heterocycles. The maximum Gasteiger partial charge on any atom is 0.488 e. The van der Waals surface area contributed by atoms with Crippen LogP contribution in [0, 0.1) is 0 Å². The molecule has 5 atom stereocenters. The summed E-state index contributed by atoms with van der Waals surface area (Å²) in [5.41, 5.74) is 1.88. The number of urea groups is 1. The Labute approximate surface area is 440 Å². The average molecular weight is 1070 g/mol. The number of carboxylic acids is 5. The van der Waals surface area contributed by atoms with Crippen molar-refractivity contribution in [2.24, 2.45) is 0 Å². The molecule has 0 saturated carbocycles. The minimum absolute atomic E-state index is 0.0249. The molecule has 0 spiro atoms. The van der Waals surface area contributed by atoms with Crippen molar-refractivity contribution in [3.8, 4) is 0 Å². The Kier molecular flexibility index (Phi) is 24.0. The lowest BCUT2D eigenvalue weighted by atomic mass is 9.80. The molecule has 0 aromatic heterocycles. The Balaban J connectivity index is 1.38. The molecule has 0 aliphatic rings. The fraction of sp³-hybridized carbons (Fsp3) is 0.353. The molecule has 25 nitrogen and oxygen atoms in total. The molecule has 7 amide bonds. The van der Waals surface area contributed by atoms with Gasteiger partial charge in [0, 0.05) is 44.3 Å². The van der Waals surface area contributed by atoms with Gasteiger partial charge in [-0.3, -0.25) is 38.4 Å². The SMILES string of the molecule is O=C(O)CC[C@H](NC(=O)N[C@@H](CCCCNC(=O)[C@@H](Cc1ccc2ccccc2c1)NC(=O)c1ccc(CNC(=O)[C@@H](CCC(=O)O)NC(=O)[C@@H](CCC(=O)O)NC(=O)Cc2ccc(B(O)O)cc2)cc1)C(=O)O)C(=O)O. The van der Waals surface area contributed by atoms with E-state index >= 15 is 0 Å². The van der Waals surface area contributed by atoms with Crippen LogP contribution in [0.4, 0.5) is 4.79 Å². The second kappa shape index (κ2) is 30.5. The molecule has 0 unspecified atom stereocenters. The van der Waals surface area contributed by atoms with Crippen molar-refractivity contribution in [1.82, 2.24) is 37.2 Å². The monoisotopic (exact) mass is 1070 g/mol. The number of carboxylic acid groups (broad SMARTS) is 5. The molecule has 410 valence electrons. The number of hydrogen-bond acceptors (Lipinski definition) is 13. The fourth-order valence-electron chi connectivity index (χ4n) is 7.67. The van der Waals surface area contributed by atoms with Gasteiger partial charge in [-0.15, -0.1) is 0 Å². The Morgan fingerprint density at radius 3 is 1.56 bits per heavy atom. The largest absolute Gasteiger partial charge is 0.488 e. The second-order valence-corrected chi connectivity index (χ2v) is 17.8. The summed E-state index contributed by atoms with van der Waals surface area (Å²) in [6.45, 7) is -0.147. The van der Waals surface area contributed by atoms with E-state index in [-0.39, 0.29) is 69.1 Å². The van der Waals surface area contributed by atoms with Crippen LogP contribution in [0.2, 0.25) is 0 Å². The topological polar surface area (TPSA) is 414 Å². The van der Waals surface area contributed by atoms with Crippen molar-refractivity contribution < 1.29 is 88.3 Å². The van der Waals surface area contributed by atoms with E-state index in [1.165, 1.54) is 48.5 Å². The highest BCUT2D eigenvalue weighted by Crippen LogP contribution is 2.18. The molecule has 26 heteroatoms. The van der Waals surface area contributed by atoms with Gasteiger partial charge in [0.05, 0.1) is 6.42 Å². The van der Waals surface area contributed by atoms with Gasteiger partial charge >= 0.3 is 43.0 Å². The Bertz CT molecular complexity index is 2760. The van der Waals surface area contributed by atoms with Crippen LogP contribution in [-0.2, 0) is 62.5 Å². The molecule has 0 fully saturated rings. The molecule has 0 saturated heterocycles. The lowest BCUT2D eigenvalue weighted by Gasteiger charge is -2.23. The number of carbonyl (C=O) groups is 11. The van der Waals surface area contributed by atoms with Crippen LogP contribution < -0.4 is 42.7 Å². The molecule has 4 aromatic rings. The summed E-state index contributed by atoms with van der Waals surface area (Å²) in [6.07, 6.45) is -2.83. The van der Waals surface area contributed by atoms with Crippen LogP contribution in [-0.4, -0.2) is 145 Å². The van der Waals surface area contributed by atoms with Crippen LogP contribution in [0.1, 0.15) is 84.8 Å². The number of hydrogen-bond donors (Lipinski definition) is 14. The standard InChI is InChI=1S/C51H60BN7O18/c60-41(27-29-11-16-35(17-12-29)52(76)77)55-37(19-22-43(63)64)48(70)56-36(18-21-42(61)62)46(68)54-28-30-8-14-33(15-9-30)45(67)57-40(26-31-10-13-32-5-1-2-6-34(32)25-31)47(69)53-24-4-3-7-38(49(71)72)58-51(75)59-39(50(73)74)20-23-44(65)66/h1-2,5-6,8-17,25,36-40,76-77H,3-4,7,18-24,26-28H2,(H,53,69)(H,54,68)(H,55,60)(H,56,70)(H,57,67)(H,61,62)(H,63,64)(H,65,66)(H,71,72)(H,73,74)(H2,58,59,75)/t36-,37-,38+,39+,40-/m1/s1. The van der Waals surface area contributed by atoms with Gasteiger partial charge in [0.1, 0.15) is 30.2 Å². The van der Waals surface area contributed by atoms with E-state index in [2.05, 4.69) is 37.2 Å². The highest BCUT2D eigenvalue weighted by molar-refractivity contribution is 6.58. The van der Waals surface area contributed by atoms with Gasteiger partial charge in [-0.2, -0.15) is 0 Å². The third kappa shape index (κ3) is 21.5. The average Bonchev–Trinajstić information content (AvgIpc) is 3.38. The predicted octanol–water partition coefficient (Wildman–Crippen LogP) is -0.224. The lowest BCUT2D eigenvalue weighted by molar-refractivity contribution is -0.141. The summed E-state index contributed by atoms with van der Waals surface area (Å²) < 4.78 is 0. The number of nitrogens with one attached hydrogen (secondary N) is 7. The molecule has 77 heavy (non-hydrogen) atoms. The van der Waals surface area contributed by atoms with Gasteiger partial charge < -0.3 is 72.8 Å². The van der Waals surface area contributed by atoms with Crippen LogP contribution in [0.25, 0.3) is 10.8 Å². The quantitative estimate of drug-likeness (QED) is 0.0222. The summed E-state index contributed by atoms with van der Waals surface area (Å²) in [5.74, 6) is -10.5. The van der Waals surface area contributed by atoms with Crippen LogP contribution >= 0.6 is 0 Å². The lowest BCUT2D eigenvalue weighted by Crippen LogP contribution is -2.54. The maximum absolute atomic E-state index is 13.7. The van der Waals surface area contributed by atoms with E-state index in [1.54, 1.807) is 0 Å². The molecule has 0 radical (unpaired) electrons. The van der Waals surface area contributed by atoms with Crippen molar-refractivity contribution in [3.05, 3.63) is 113 Å². The van der Waals surface area contributed by atoms with Gasteiger partial charge in [-0.1, -0.05) is 78.9 Å². The third-order valence-corrected chi connectivity index (χ3v) is 11.9. The number of rotatable bonds is 32. The van der Waals surface area contributed by atoms with E-state index in [4.69, 9.17) is 5.11 Å². The number of amides is 7. The molecule has 4 aromatic carbocycles. The Morgan fingerprint density at radius 1 is 0.468 bits per heavy atom. The van der Waals surface area contributed by atoms with Gasteiger partial charge in [0.2, 0.25) is 23.6 Å². The minimum atomic E-state index is -1.74. The number of aliphatic carboxylic acids is 5. The van der Waals surface area contributed by atoms with Crippen molar-refractivity contribution in [3.63, 3.8) is 0 Å². The van der Waals surface area contributed by atoms with Crippen molar-refractivity contribution >= 4 is 88.8 Å². The number of fused-ring (bicyclic) bond motifs is 1. The zero-order valence-corrected chi connectivity index (χ0v) is 41.4. The predicted molar refractivity (Wildman–Crippen MR) is 273 cm³/mol. The van der Waals surface area contributed by atoms with Crippen molar-refractivity contribution in [2.75, 3.05) is 6.54 Å². The molecule has 4 rings (SSSR count). The zero-order valence-electron chi connectivity index (χ0n) is 41.4. The van der Waals surface area contributed by atoms with E-state index < -0.39 is 128 Å². The Morgan fingerprint density at radius 2 is 0.987 bits per heavy atom. The molecular formula is C51H60BN7O18. The third-order valence-electron chi connectivity index (χ3n) is 11.9. The summed E-state index contributed by atoms with van der Waals surface area (Å²) in [7, 11) is -1.74. The number of carbonyl (C=O) groups excluding carboxylic acids is 6. The van der Waals surface area contributed by atoms with Crippen LogP contribution in [0.3, 0.4) is 0 Å².